The Balaban J connectivity index is 1.82. The highest BCUT2D eigenvalue weighted by Gasteiger charge is 2.40. The van der Waals surface area contributed by atoms with Crippen molar-refractivity contribution in [3.63, 3.8) is 0 Å². The van der Waals surface area contributed by atoms with Crippen molar-refractivity contribution in [3.8, 4) is 0 Å². The van der Waals surface area contributed by atoms with Crippen molar-refractivity contribution in [1.29, 1.82) is 0 Å². The Morgan fingerprint density at radius 2 is 2.04 bits per heavy atom. The molecule has 3 rings (SSSR count). The Kier molecular flexibility index (Phi) is 4.95. The molecular weight excluding hydrogens is 330 g/mol. The van der Waals surface area contributed by atoms with Crippen molar-refractivity contribution >= 4 is 11.9 Å². The van der Waals surface area contributed by atoms with Gasteiger partial charge in [0.25, 0.3) is 0 Å². The number of anilines is 1. The average molecular weight is 357 g/mol. The van der Waals surface area contributed by atoms with E-state index < -0.39 is 0 Å². The molecule has 3 heterocycles. The van der Waals surface area contributed by atoms with Crippen molar-refractivity contribution in [1.82, 2.24) is 30.0 Å². The van der Waals surface area contributed by atoms with Crippen LogP contribution in [0.3, 0.4) is 0 Å². The Morgan fingerprint density at radius 3 is 2.65 bits per heavy atom. The minimum atomic E-state index is -0.0219. The predicted molar refractivity (Wildman–Crippen MR) is 99.8 cm³/mol. The molecule has 0 radical (unpaired) electrons. The van der Waals surface area contributed by atoms with Gasteiger partial charge in [-0.1, -0.05) is 0 Å². The Bertz CT molecular complexity index is 814. The van der Waals surface area contributed by atoms with Gasteiger partial charge in [-0.3, -0.25) is 9.48 Å². The first-order chi connectivity index (χ1) is 12.3. The summed E-state index contributed by atoms with van der Waals surface area (Å²) in [5.74, 6) is 0.825. The van der Waals surface area contributed by atoms with Gasteiger partial charge >= 0.3 is 0 Å². The Hall–Kier alpha value is -2.48. The third kappa shape index (κ3) is 3.29. The number of rotatable bonds is 5. The van der Waals surface area contributed by atoms with Gasteiger partial charge in [-0.05, 0) is 19.9 Å². The van der Waals surface area contributed by atoms with Crippen LogP contribution in [0.4, 0.5) is 5.95 Å². The molecule has 0 spiro atoms. The standard InChI is InChI=1S/C18H27N7O/c1-11-16(12(2)25(6)22-11)17-14(9-15(26)24(17)5)20-10-13-7-8-19-18(21-13)23(3)4/h7-8,14,17,20H,9-10H2,1-6H3/t14-,17-/m1/s1. The van der Waals surface area contributed by atoms with E-state index in [2.05, 4.69) is 27.3 Å². The first kappa shape index (κ1) is 18.3. The third-order valence-corrected chi connectivity index (χ3v) is 5.09. The second-order valence-corrected chi connectivity index (χ2v) is 7.09. The Labute approximate surface area is 154 Å². The van der Waals surface area contributed by atoms with Crippen LogP contribution in [0.1, 0.15) is 35.1 Å². The van der Waals surface area contributed by atoms with Gasteiger partial charge in [0.05, 0.1) is 17.4 Å². The number of hydrogen-bond donors (Lipinski definition) is 1. The molecule has 1 saturated heterocycles. The lowest BCUT2D eigenvalue weighted by atomic mass is 9.98. The fraction of sp³-hybridized carbons (Fsp3) is 0.556. The van der Waals surface area contributed by atoms with Gasteiger partial charge in [-0.2, -0.15) is 5.10 Å². The second-order valence-electron chi connectivity index (χ2n) is 7.09. The van der Waals surface area contributed by atoms with E-state index in [-0.39, 0.29) is 18.0 Å². The number of nitrogens with one attached hydrogen (secondary N) is 1. The molecule has 1 fully saturated rings. The molecule has 8 nitrogen and oxygen atoms in total. The maximum atomic E-state index is 12.4. The summed E-state index contributed by atoms with van der Waals surface area (Å²) >= 11 is 0. The molecule has 0 aliphatic carbocycles. The van der Waals surface area contributed by atoms with Gasteiger partial charge in [-0.25, -0.2) is 9.97 Å². The fourth-order valence-electron chi connectivity index (χ4n) is 3.60. The molecule has 1 aliphatic rings. The van der Waals surface area contributed by atoms with E-state index in [1.165, 1.54) is 0 Å². The molecule has 1 amide bonds. The van der Waals surface area contributed by atoms with Crippen molar-refractivity contribution in [3.05, 3.63) is 34.9 Å². The second kappa shape index (κ2) is 7.03. The summed E-state index contributed by atoms with van der Waals surface area (Å²) in [5.41, 5.74) is 4.11. The number of carbonyl (C=O) groups is 1. The lowest BCUT2D eigenvalue weighted by molar-refractivity contribution is -0.127. The molecule has 26 heavy (non-hydrogen) atoms. The molecule has 2 aromatic rings. The zero-order valence-electron chi connectivity index (χ0n) is 16.3. The highest BCUT2D eigenvalue weighted by Crippen LogP contribution is 2.35. The van der Waals surface area contributed by atoms with Crippen LogP contribution in [-0.2, 0) is 18.4 Å². The zero-order valence-corrected chi connectivity index (χ0v) is 16.3. The van der Waals surface area contributed by atoms with Gasteiger partial charge in [-0.15, -0.1) is 0 Å². The van der Waals surface area contributed by atoms with E-state index in [9.17, 15) is 4.79 Å². The summed E-state index contributed by atoms with van der Waals surface area (Å²) in [6.45, 7) is 4.64. The van der Waals surface area contributed by atoms with Crippen molar-refractivity contribution in [2.24, 2.45) is 7.05 Å². The number of likely N-dealkylation sites (tertiary alicyclic amines) is 1. The summed E-state index contributed by atoms with van der Waals surface area (Å²) in [5, 5.41) is 8.05. The van der Waals surface area contributed by atoms with Crippen LogP contribution < -0.4 is 10.2 Å². The monoisotopic (exact) mass is 357 g/mol. The van der Waals surface area contributed by atoms with Gasteiger partial charge in [0.2, 0.25) is 11.9 Å². The normalized spacial score (nSPS) is 20.1. The van der Waals surface area contributed by atoms with Crippen LogP contribution in [0, 0.1) is 13.8 Å². The average Bonchev–Trinajstić information content (AvgIpc) is 3.01. The maximum Gasteiger partial charge on any atom is 0.225 e. The molecule has 0 saturated carbocycles. The predicted octanol–water partition coefficient (Wildman–Crippen LogP) is 0.955. The zero-order chi connectivity index (χ0) is 19.0. The smallest absolute Gasteiger partial charge is 0.225 e. The van der Waals surface area contributed by atoms with Crippen LogP contribution in [0.25, 0.3) is 0 Å². The highest BCUT2D eigenvalue weighted by molar-refractivity contribution is 5.80. The number of aromatic nitrogens is 4. The van der Waals surface area contributed by atoms with Gasteiger partial charge in [0.1, 0.15) is 0 Å². The molecule has 1 N–H and O–H groups in total. The number of amides is 1. The van der Waals surface area contributed by atoms with E-state index in [0.29, 0.717) is 18.9 Å². The number of aryl methyl sites for hydroxylation is 2. The summed E-state index contributed by atoms with van der Waals surface area (Å²) < 4.78 is 1.88. The van der Waals surface area contributed by atoms with Crippen LogP contribution >= 0.6 is 0 Å². The molecule has 0 unspecified atom stereocenters. The van der Waals surface area contributed by atoms with Crippen molar-refractivity contribution in [2.45, 2.75) is 38.9 Å². The van der Waals surface area contributed by atoms with Gasteiger partial charge in [0, 0.05) is 64.7 Å². The first-order valence-electron chi connectivity index (χ1n) is 8.78. The van der Waals surface area contributed by atoms with Crippen molar-refractivity contribution < 1.29 is 4.79 Å². The highest BCUT2D eigenvalue weighted by atomic mass is 16.2. The van der Waals surface area contributed by atoms with Crippen LogP contribution in [0.5, 0.6) is 0 Å². The molecule has 1 aliphatic heterocycles. The summed E-state index contributed by atoms with van der Waals surface area (Å²) in [4.78, 5) is 24.9. The minimum absolute atomic E-state index is 0.0203. The summed E-state index contributed by atoms with van der Waals surface area (Å²) in [6.07, 6.45) is 2.23. The van der Waals surface area contributed by atoms with Crippen LogP contribution in [-0.4, -0.2) is 57.7 Å². The number of nitrogens with zero attached hydrogens (tertiary/aromatic N) is 6. The molecule has 2 atom stereocenters. The molecule has 0 bridgehead atoms. The largest absolute Gasteiger partial charge is 0.347 e. The fourth-order valence-corrected chi connectivity index (χ4v) is 3.60. The topological polar surface area (TPSA) is 79.2 Å². The Morgan fingerprint density at radius 1 is 1.31 bits per heavy atom. The molecule has 140 valence electrons. The van der Waals surface area contributed by atoms with Gasteiger partial charge < -0.3 is 15.1 Å². The SMILES string of the molecule is Cc1nn(C)c(C)c1[C@H]1[C@H](NCc2ccnc(N(C)C)n2)CC(=O)N1C. The molecule has 8 heteroatoms. The summed E-state index contributed by atoms with van der Waals surface area (Å²) in [7, 11) is 7.65. The first-order valence-corrected chi connectivity index (χ1v) is 8.78. The molecule has 2 aromatic heterocycles. The minimum Gasteiger partial charge on any atom is -0.347 e. The summed E-state index contributed by atoms with van der Waals surface area (Å²) in [6, 6.07) is 1.90. The van der Waals surface area contributed by atoms with Crippen LogP contribution in [0.15, 0.2) is 12.3 Å². The third-order valence-electron chi connectivity index (χ3n) is 5.09. The number of hydrogen-bond acceptors (Lipinski definition) is 6. The van der Waals surface area contributed by atoms with Gasteiger partial charge in [0.15, 0.2) is 0 Å². The van der Waals surface area contributed by atoms with Crippen molar-refractivity contribution in [2.75, 3.05) is 26.0 Å². The van der Waals surface area contributed by atoms with E-state index in [1.807, 2.05) is 55.7 Å². The van der Waals surface area contributed by atoms with E-state index in [0.717, 1.165) is 22.6 Å². The van der Waals surface area contributed by atoms with E-state index >= 15 is 0 Å². The number of carbonyl (C=O) groups excluding carboxylic acids is 1. The van der Waals surface area contributed by atoms with E-state index in [1.54, 1.807) is 6.20 Å². The lowest BCUT2D eigenvalue weighted by Gasteiger charge is -2.26. The maximum absolute atomic E-state index is 12.4. The van der Waals surface area contributed by atoms with Crippen LogP contribution in [0.2, 0.25) is 0 Å². The van der Waals surface area contributed by atoms with E-state index in [4.69, 9.17) is 0 Å². The number of likely N-dealkylation sites (N-methyl/N-ethyl adjacent to an activating group) is 1. The quantitative estimate of drug-likeness (QED) is 0.858. The molecule has 0 aromatic carbocycles. The molecular formula is C18H27N7O. The lowest BCUT2D eigenvalue weighted by Crippen LogP contribution is -2.35.